The van der Waals surface area contributed by atoms with Gasteiger partial charge in [0.2, 0.25) is 5.91 Å². The van der Waals surface area contributed by atoms with E-state index < -0.39 is 0 Å². The minimum Gasteiger partial charge on any atom is -0.396 e. The number of hydrogen-bond acceptors (Lipinski definition) is 4. The van der Waals surface area contributed by atoms with Crippen LogP contribution in [-0.4, -0.2) is 29.1 Å². The number of carbonyl (C=O) groups excluding carboxylic acids is 1. The smallest absolute Gasteiger partial charge is 0.223 e. The summed E-state index contributed by atoms with van der Waals surface area (Å²) in [5.74, 6) is 0.0461. The fourth-order valence-corrected chi connectivity index (χ4v) is 2.02. The molecule has 0 bridgehead atoms. The predicted molar refractivity (Wildman–Crippen MR) is 64.3 cm³/mol. The van der Waals surface area contributed by atoms with E-state index in [2.05, 4.69) is 10.3 Å². The number of aliphatic hydroxyl groups is 1. The third kappa shape index (κ3) is 4.28. The predicted octanol–water partition coefficient (Wildman–Crippen LogP) is 1.21. The first kappa shape index (κ1) is 13.1. The van der Waals surface area contributed by atoms with Crippen LogP contribution in [0.3, 0.4) is 0 Å². The zero-order valence-electron chi connectivity index (χ0n) is 9.48. The summed E-state index contributed by atoms with van der Waals surface area (Å²) in [6.45, 7) is 2.66. The van der Waals surface area contributed by atoms with Gasteiger partial charge in [0.05, 0.1) is 11.2 Å². The molecule has 0 aromatic carbocycles. The molecule has 16 heavy (non-hydrogen) atoms. The molecule has 4 nitrogen and oxygen atoms in total. The van der Waals surface area contributed by atoms with Crippen molar-refractivity contribution in [2.45, 2.75) is 26.2 Å². The van der Waals surface area contributed by atoms with E-state index in [9.17, 15) is 4.79 Å². The van der Waals surface area contributed by atoms with Crippen LogP contribution in [0.25, 0.3) is 0 Å². The number of nitrogens with zero attached hydrogens (tertiary/aromatic N) is 1. The molecule has 0 aliphatic rings. The van der Waals surface area contributed by atoms with Gasteiger partial charge in [0.1, 0.15) is 0 Å². The van der Waals surface area contributed by atoms with Crippen molar-refractivity contribution in [1.82, 2.24) is 10.3 Å². The summed E-state index contributed by atoms with van der Waals surface area (Å²) < 4.78 is 0. The molecule has 5 heteroatoms. The number of rotatable bonds is 7. The van der Waals surface area contributed by atoms with Crippen LogP contribution in [0.5, 0.6) is 0 Å². The first-order valence-electron chi connectivity index (χ1n) is 5.53. The molecular weight excluding hydrogens is 224 g/mol. The minimum absolute atomic E-state index is 0.0132. The zero-order chi connectivity index (χ0) is 11.8. The lowest BCUT2D eigenvalue weighted by Gasteiger charge is -2.13. The largest absolute Gasteiger partial charge is 0.396 e. The molecule has 0 spiro atoms. The number of aromatic nitrogens is 1. The van der Waals surface area contributed by atoms with E-state index in [1.165, 1.54) is 0 Å². The second-order valence-electron chi connectivity index (χ2n) is 3.66. The van der Waals surface area contributed by atoms with Gasteiger partial charge < -0.3 is 10.4 Å². The highest BCUT2D eigenvalue weighted by molar-refractivity contribution is 7.07. The summed E-state index contributed by atoms with van der Waals surface area (Å²) in [5.41, 5.74) is 2.76. The fraction of sp³-hybridized carbons (Fsp3) is 0.636. The van der Waals surface area contributed by atoms with Gasteiger partial charge in [-0.15, -0.1) is 11.3 Å². The van der Waals surface area contributed by atoms with Gasteiger partial charge in [0.25, 0.3) is 0 Å². The molecule has 0 saturated heterocycles. The van der Waals surface area contributed by atoms with E-state index in [0.717, 1.165) is 12.1 Å². The Hall–Kier alpha value is -0.940. The van der Waals surface area contributed by atoms with Gasteiger partial charge in [-0.25, -0.2) is 4.98 Å². The Morgan fingerprint density at radius 1 is 1.69 bits per heavy atom. The van der Waals surface area contributed by atoms with E-state index in [1.54, 1.807) is 16.8 Å². The molecule has 0 saturated carbocycles. The Morgan fingerprint density at radius 2 is 2.50 bits per heavy atom. The van der Waals surface area contributed by atoms with Gasteiger partial charge in [-0.2, -0.15) is 0 Å². The highest BCUT2D eigenvalue weighted by Gasteiger charge is 2.17. The average molecular weight is 242 g/mol. The van der Waals surface area contributed by atoms with Gasteiger partial charge in [-0.1, -0.05) is 6.92 Å². The van der Waals surface area contributed by atoms with Crippen LogP contribution in [0.1, 0.15) is 25.5 Å². The first-order chi connectivity index (χ1) is 7.77. The highest BCUT2D eigenvalue weighted by atomic mass is 32.1. The third-order valence-corrected chi connectivity index (χ3v) is 3.07. The van der Waals surface area contributed by atoms with Crippen molar-refractivity contribution in [2.24, 2.45) is 5.92 Å². The third-order valence-electron chi connectivity index (χ3n) is 2.44. The summed E-state index contributed by atoms with van der Waals surface area (Å²) in [4.78, 5) is 15.9. The van der Waals surface area contributed by atoms with Crippen molar-refractivity contribution in [1.29, 1.82) is 0 Å². The average Bonchev–Trinajstić information content (AvgIpc) is 2.78. The molecule has 2 N–H and O–H groups in total. The van der Waals surface area contributed by atoms with Gasteiger partial charge in [-0.05, 0) is 12.8 Å². The molecule has 0 aliphatic carbocycles. The van der Waals surface area contributed by atoms with Gasteiger partial charge in [-0.3, -0.25) is 4.79 Å². The van der Waals surface area contributed by atoms with Crippen LogP contribution >= 0.6 is 11.3 Å². The van der Waals surface area contributed by atoms with Crippen LogP contribution in [0.15, 0.2) is 10.9 Å². The van der Waals surface area contributed by atoms with Crippen LogP contribution in [0.4, 0.5) is 0 Å². The van der Waals surface area contributed by atoms with Crippen molar-refractivity contribution < 1.29 is 9.90 Å². The van der Waals surface area contributed by atoms with E-state index in [-0.39, 0.29) is 18.4 Å². The quantitative estimate of drug-likeness (QED) is 0.706. The number of hydrogen-bond donors (Lipinski definition) is 2. The number of thiazole rings is 1. The molecule has 0 radical (unpaired) electrons. The molecule has 1 aromatic rings. The molecule has 90 valence electrons. The molecule has 0 aliphatic heterocycles. The molecule has 1 rings (SSSR count). The summed E-state index contributed by atoms with van der Waals surface area (Å²) in [6.07, 6.45) is 2.12. The van der Waals surface area contributed by atoms with E-state index in [4.69, 9.17) is 5.11 Å². The zero-order valence-corrected chi connectivity index (χ0v) is 10.3. The summed E-state index contributed by atoms with van der Waals surface area (Å²) >= 11 is 1.55. The SMILES string of the molecule is CCC(Cc1cscn1)C(=O)NCCCO. The van der Waals surface area contributed by atoms with Gasteiger partial charge in [0.15, 0.2) is 0 Å². The number of aliphatic hydroxyl groups excluding tert-OH is 1. The van der Waals surface area contributed by atoms with Crippen molar-refractivity contribution in [2.75, 3.05) is 13.2 Å². The Labute approximate surface area is 99.7 Å². The molecule has 1 aromatic heterocycles. The Morgan fingerprint density at radius 3 is 3.06 bits per heavy atom. The topological polar surface area (TPSA) is 62.2 Å². The van der Waals surface area contributed by atoms with E-state index in [1.807, 2.05) is 12.3 Å². The summed E-state index contributed by atoms with van der Waals surface area (Å²) in [7, 11) is 0. The second-order valence-corrected chi connectivity index (χ2v) is 4.38. The normalized spacial score (nSPS) is 12.4. The van der Waals surface area contributed by atoms with Gasteiger partial charge >= 0.3 is 0 Å². The Balaban J connectivity index is 2.38. The molecular formula is C11H18N2O2S. The van der Waals surface area contributed by atoms with E-state index in [0.29, 0.717) is 19.4 Å². The molecule has 1 heterocycles. The van der Waals surface area contributed by atoms with Gasteiger partial charge in [0, 0.05) is 30.9 Å². The van der Waals surface area contributed by atoms with Crippen molar-refractivity contribution >= 4 is 17.2 Å². The molecule has 0 fully saturated rings. The van der Waals surface area contributed by atoms with Crippen molar-refractivity contribution in [3.63, 3.8) is 0 Å². The summed E-state index contributed by atoms with van der Waals surface area (Å²) in [6, 6.07) is 0. The van der Waals surface area contributed by atoms with E-state index >= 15 is 0 Å². The van der Waals surface area contributed by atoms with Crippen LogP contribution < -0.4 is 5.32 Å². The second kappa shape index (κ2) is 7.35. The van der Waals surface area contributed by atoms with Crippen LogP contribution in [0, 0.1) is 5.92 Å². The number of nitrogens with one attached hydrogen (secondary N) is 1. The maximum Gasteiger partial charge on any atom is 0.223 e. The summed E-state index contributed by atoms with van der Waals surface area (Å²) in [5, 5.41) is 13.4. The maximum absolute atomic E-state index is 11.8. The van der Waals surface area contributed by atoms with Crippen LogP contribution in [0.2, 0.25) is 0 Å². The lowest BCUT2D eigenvalue weighted by molar-refractivity contribution is -0.125. The number of amides is 1. The first-order valence-corrected chi connectivity index (χ1v) is 6.47. The number of carbonyl (C=O) groups is 1. The monoisotopic (exact) mass is 242 g/mol. The van der Waals surface area contributed by atoms with Crippen molar-refractivity contribution in [3.05, 3.63) is 16.6 Å². The Kier molecular flexibility index (Phi) is 6.03. The highest BCUT2D eigenvalue weighted by Crippen LogP contribution is 2.12. The minimum atomic E-state index is -0.0132. The molecule has 1 atom stereocenters. The maximum atomic E-state index is 11.8. The fourth-order valence-electron chi connectivity index (χ4n) is 1.45. The lowest BCUT2D eigenvalue weighted by atomic mass is 10.00. The van der Waals surface area contributed by atoms with Crippen LogP contribution in [-0.2, 0) is 11.2 Å². The van der Waals surface area contributed by atoms with Crippen molar-refractivity contribution in [3.8, 4) is 0 Å². The molecule has 1 amide bonds. The Bertz CT molecular complexity index is 301. The standard InChI is InChI=1S/C11H18N2O2S/c1-2-9(6-10-7-16-8-13-10)11(15)12-4-3-5-14/h7-9,14H,2-6H2,1H3,(H,12,15). The lowest BCUT2D eigenvalue weighted by Crippen LogP contribution is -2.32. The molecule has 1 unspecified atom stereocenters.